The second-order valence-electron chi connectivity index (χ2n) is 12.0. The van der Waals surface area contributed by atoms with E-state index in [0.717, 1.165) is 76.8 Å². The van der Waals surface area contributed by atoms with Crippen molar-refractivity contribution < 1.29 is 9.84 Å². The van der Waals surface area contributed by atoms with E-state index in [4.69, 9.17) is 14.7 Å². The number of hydrogen-bond acceptors (Lipinski definition) is 7. The number of ether oxygens (including phenoxy) is 1. The molecule has 7 rings (SSSR count). The maximum Gasteiger partial charge on any atom is 0.319 e. The number of aryl methyl sites for hydroxylation is 1. The predicted molar refractivity (Wildman–Crippen MR) is 161 cm³/mol. The van der Waals surface area contributed by atoms with Gasteiger partial charge in [0.2, 0.25) is 0 Å². The third-order valence-electron chi connectivity index (χ3n) is 9.52. The van der Waals surface area contributed by atoms with Crippen molar-refractivity contribution in [3.8, 4) is 22.9 Å². The van der Waals surface area contributed by atoms with Gasteiger partial charge in [0.15, 0.2) is 0 Å². The van der Waals surface area contributed by atoms with E-state index in [-0.39, 0.29) is 11.3 Å². The Kier molecular flexibility index (Phi) is 6.51. The van der Waals surface area contributed by atoms with E-state index in [2.05, 4.69) is 52.9 Å². The van der Waals surface area contributed by atoms with Crippen LogP contribution in [0, 0.1) is 6.92 Å². The van der Waals surface area contributed by atoms with Gasteiger partial charge in [-0.3, -0.25) is 4.90 Å². The molecule has 0 spiro atoms. The molecule has 0 atom stereocenters. The monoisotopic (exact) mass is 537 g/mol. The topological polar surface area (TPSA) is 65.0 Å². The normalized spacial score (nSPS) is 19.8. The van der Waals surface area contributed by atoms with E-state index < -0.39 is 0 Å². The SMILES string of the molecule is Cc1c(-c2cc(O)cc3ccccc23)ccc2c(N3CCCN(C)CC3)nc(OCC34CCCN3CCC4)nc12. The van der Waals surface area contributed by atoms with Crippen LogP contribution in [0.15, 0.2) is 48.5 Å². The van der Waals surface area contributed by atoms with Gasteiger partial charge in [0, 0.05) is 25.0 Å². The molecule has 4 aromatic rings. The van der Waals surface area contributed by atoms with E-state index in [9.17, 15) is 5.11 Å². The van der Waals surface area contributed by atoms with Crippen molar-refractivity contribution in [2.75, 3.05) is 57.8 Å². The molecule has 3 fully saturated rings. The van der Waals surface area contributed by atoms with Crippen molar-refractivity contribution in [3.63, 3.8) is 0 Å². The highest BCUT2D eigenvalue weighted by Gasteiger charge is 2.45. The van der Waals surface area contributed by atoms with E-state index >= 15 is 0 Å². The molecule has 208 valence electrons. The second kappa shape index (κ2) is 10.2. The summed E-state index contributed by atoms with van der Waals surface area (Å²) in [5.74, 6) is 1.24. The lowest BCUT2D eigenvalue weighted by Crippen LogP contribution is -2.43. The van der Waals surface area contributed by atoms with Crippen molar-refractivity contribution in [1.29, 1.82) is 0 Å². The number of nitrogens with zero attached hydrogens (tertiary/aromatic N) is 5. The van der Waals surface area contributed by atoms with E-state index in [1.54, 1.807) is 0 Å². The first kappa shape index (κ1) is 25.5. The van der Waals surface area contributed by atoms with Gasteiger partial charge in [-0.25, -0.2) is 0 Å². The molecule has 0 amide bonds. The van der Waals surface area contributed by atoms with Crippen LogP contribution in [0.3, 0.4) is 0 Å². The minimum absolute atomic E-state index is 0.140. The van der Waals surface area contributed by atoms with Gasteiger partial charge in [-0.15, -0.1) is 0 Å². The summed E-state index contributed by atoms with van der Waals surface area (Å²) in [4.78, 5) is 17.6. The van der Waals surface area contributed by atoms with Gasteiger partial charge < -0.3 is 19.6 Å². The summed E-state index contributed by atoms with van der Waals surface area (Å²) in [6.07, 6.45) is 5.98. The van der Waals surface area contributed by atoms with Crippen molar-refractivity contribution in [2.45, 2.75) is 44.6 Å². The molecular weight excluding hydrogens is 498 g/mol. The molecule has 3 aromatic carbocycles. The number of rotatable bonds is 5. The maximum atomic E-state index is 10.6. The number of hydrogen-bond donors (Lipinski definition) is 1. The van der Waals surface area contributed by atoms with Crippen LogP contribution in [-0.4, -0.2) is 83.3 Å². The van der Waals surface area contributed by atoms with Crippen molar-refractivity contribution in [2.24, 2.45) is 0 Å². The van der Waals surface area contributed by atoms with E-state index in [0.29, 0.717) is 12.6 Å². The number of aromatic hydroxyl groups is 1. The predicted octanol–water partition coefficient (Wildman–Crippen LogP) is 5.61. The fraction of sp³-hybridized carbons (Fsp3) is 0.455. The van der Waals surface area contributed by atoms with Gasteiger partial charge in [-0.2, -0.15) is 9.97 Å². The fourth-order valence-electron chi connectivity index (χ4n) is 7.33. The van der Waals surface area contributed by atoms with Crippen LogP contribution in [0.2, 0.25) is 0 Å². The summed E-state index contributed by atoms with van der Waals surface area (Å²) in [6, 6.07) is 16.7. The molecule has 3 aliphatic rings. The minimum atomic E-state index is 0.140. The van der Waals surface area contributed by atoms with Gasteiger partial charge >= 0.3 is 6.01 Å². The van der Waals surface area contributed by atoms with Crippen LogP contribution in [-0.2, 0) is 0 Å². The lowest BCUT2D eigenvalue weighted by Gasteiger charge is -2.31. The average molecular weight is 538 g/mol. The molecule has 40 heavy (non-hydrogen) atoms. The van der Waals surface area contributed by atoms with Crippen LogP contribution in [0.25, 0.3) is 32.8 Å². The Bertz CT molecular complexity index is 1560. The molecule has 3 saturated heterocycles. The molecule has 1 aromatic heterocycles. The van der Waals surface area contributed by atoms with E-state index in [1.165, 1.54) is 38.8 Å². The number of phenolic OH excluding ortho intramolecular Hbond substituents is 1. The highest BCUT2D eigenvalue weighted by molar-refractivity contribution is 6.02. The zero-order chi connectivity index (χ0) is 27.3. The fourth-order valence-corrected chi connectivity index (χ4v) is 7.33. The first-order valence-corrected chi connectivity index (χ1v) is 14.9. The Morgan fingerprint density at radius 1 is 0.850 bits per heavy atom. The van der Waals surface area contributed by atoms with Crippen molar-refractivity contribution >= 4 is 27.5 Å². The summed E-state index contributed by atoms with van der Waals surface area (Å²) < 4.78 is 6.54. The van der Waals surface area contributed by atoms with E-state index in [1.807, 2.05) is 24.3 Å². The summed E-state index contributed by atoms with van der Waals surface area (Å²) in [6.45, 7) is 9.13. The highest BCUT2D eigenvalue weighted by atomic mass is 16.5. The summed E-state index contributed by atoms with van der Waals surface area (Å²) in [5.41, 5.74) is 4.23. The number of phenols is 1. The van der Waals surface area contributed by atoms with Crippen molar-refractivity contribution in [1.82, 2.24) is 19.8 Å². The number of likely N-dealkylation sites (N-methyl/N-ethyl adjacent to an activating group) is 1. The minimum Gasteiger partial charge on any atom is -0.508 e. The molecule has 1 N–H and O–H groups in total. The largest absolute Gasteiger partial charge is 0.508 e. The molecule has 0 bridgehead atoms. The van der Waals surface area contributed by atoms with Crippen LogP contribution < -0.4 is 9.64 Å². The average Bonchev–Trinajstić information content (AvgIpc) is 3.46. The number of anilines is 1. The lowest BCUT2D eigenvalue weighted by molar-refractivity contribution is 0.108. The summed E-state index contributed by atoms with van der Waals surface area (Å²) >= 11 is 0. The number of aromatic nitrogens is 2. The molecule has 3 aliphatic heterocycles. The Morgan fingerprint density at radius 3 is 2.52 bits per heavy atom. The Labute approximate surface area is 236 Å². The molecule has 7 nitrogen and oxygen atoms in total. The maximum absolute atomic E-state index is 10.6. The molecular formula is C33H39N5O2. The Hall–Kier alpha value is -3.42. The smallest absolute Gasteiger partial charge is 0.319 e. The molecule has 4 heterocycles. The van der Waals surface area contributed by atoms with Gasteiger partial charge in [0.1, 0.15) is 18.2 Å². The zero-order valence-electron chi connectivity index (χ0n) is 23.7. The van der Waals surface area contributed by atoms with Gasteiger partial charge in [0.25, 0.3) is 0 Å². The third-order valence-corrected chi connectivity index (χ3v) is 9.52. The molecule has 0 radical (unpaired) electrons. The third kappa shape index (κ3) is 4.45. The highest BCUT2D eigenvalue weighted by Crippen LogP contribution is 2.41. The Balaban J connectivity index is 1.35. The summed E-state index contributed by atoms with van der Waals surface area (Å²) in [7, 11) is 2.19. The van der Waals surface area contributed by atoms with Gasteiger partial charge in [0.05, 0.1) is 11.1 Å². The number of benzene rings is 3. The van der Waals surface area contributed by atoms with Gasteiger partial charge in [-0.1, -0.05) is 30.3 Å². The number of fused-ring (bicyclic) bond motifs is 3. The second-order valence-corrected chi connectivity index (χ2v) is 12.0. The Morgan fingerprint density at radius 2 is 1.68 bits per heavy atom. The first-order chi connectivity index (χ1) is 19.5. The summed E-state index contributed by atoms with van der Waals surface area (Å²) in [5, 5.41) is 13.8. The van der Waals surface area contributed by atoms with Crippen LogP contribution in [0.1, 0.15) is 37.7 Å². The first-order valence-electron chi connectivity index (χ1n) is 14.9. The molecule has 7 heteroatoms. The van der Waals surface area contributed by atoms with Crippen LogP contribution in [0.4, 0.5) is 5.82 Å². The quantitative estimate of drug-likeness (QED) is 0.355. The van der Waals surface area contributed by atoms with Crippen LogP contribution >= 0.6 is 0 Å². The molecule has 0 saturated carbocycles. The standard InChI is InChI=1S/C33H39N5O2/c1-23-26(29-21-25(39)20-24-8-3-4-9-27(24)29)10-11-28-30(23)34-32(35-31(28)37-15-7-14-36(2)18-19-37)40-22-33-12-5-16-38(33)17-6-13-33/h3-4,8-11,20-21,39H,5-7,12-19,22H2,1-2H3. The van der Waals surface area contributed by atoms with Crippen LogP contribution in [0.5, 0.6) is 11.8 Å². The zero-order valence-corrected chi connectivity index (χ0v) is 23.7. The van der Waals surface area contributed by atoms with Gasteiger partial charge in [-0.05, 0) is 111 Å². The molecule has 0 unspecified atom stereocenters. The molecule has 0 aliphatic carbocycles. The van der Waals surface area contributed by atoms with Crippen molar-refractivity contribution in [3.05, 3.63) is 54.1 Å². The lowest BCUT2D eigenvalue weighted by atomic mass is 9.93.